The van der Waals surface area contributed by atoms with Gasteiger partial charge < -0.3 is 5.32 Å². The Morgan fingerprint density at radius 2 is 1.89 bits per heavy atom. The Morgan fingerprint density at radius 3 is 2.53 bits per heavy atom. The predicted molar refractivity (Wildman–Crippen MR) is 78.7 cm³/mol. The lowest BCUT2D eigenvalue weighted by Gasteiger charge is -2.11. The van der Waals surface area contributed by atoms with Crippen LogP contribution in [0.15, 0.2) is 52.0 Å². The number of rotatable bonds is 4. The fourth-order valence-corrected chi connectivity index (χ4v) is 2.93. The highest BCUT2D eigenvalue weighted by Crippen LogP contribution is 2.25. The molecule has 0 saturated carbocycles. The number of hydrogen-bond acceptors (Lipinski definition) is 4. The van der Waals surface area contributed by atoms with Crippen LogP contribution in [0, 0.1) is 0 Å². The highest BCUT2D eigenvalue weighted by atomic mass is 79.9. The van der Waals surface area contributed by atoms with Crippen LogP contribution in [0.25, 0.3) is 0 Å². The zero-order chi connectivity index (χ0) is 13.9. The maximum absolute atomic E-state index is 12.2. The van der Waals surface area contributed by atoms with E-state index >= 15 is 0 Å². The van der Waals surface area contributed by atoms with Gasteiger partial charge in [0, 0.05) is 17.7 Å². The number of aromatic nitrogens is 1. The first kappa shape index (κ1) is 13.8. The summed E-state index contributed by atoms with van der Waals surface area (Å²) in [5.41, 5.74) is 0.390. The molecule has 1 aromatic heterocycles. The summed E-state index contributed by atoms with van der Waals surface area (Å²) < 4.78 is 27.6. The fourth-order valence-electron chi connectivity index (χ4n) is 1.52. The van der Waals surface area contributed by atoms with Gasteiger partial charge >= 0.3 is 0 Å². The van der Waals surface area contributed by atoms with E-state index in [0.717, 1.165) is 0 Å². The maximum atomic E-state index is 12.2. The molecule has 0 amide bonds. The molecule has 0 atom stereocenters. The number of pyridine rings is 1. The van der Waals surface area contributed by atoms with E-state index in [1.165, 1.54) is 12.1 Å². The largest absolute Gasteiger partial charge is 0.371 e. The molecule has 7 heteroatoms. The molecule has 0 saturated heterocycles. The lowest BCUT2D eigenvalue weighted by molar-refractivity contribution is 0.601. The van der Waals surface area contributed by atoms with Gasteiger partial charge in [-0.3, -0.25) is 4.72 Å². The van der Waals surface area contributed by atoms with Crippen LogP contribution in [0.4, 0.5) is 11.5 Å². The summed E-state index contributed by atoms with van der Waals surface area (Å²) in [5.74, 6) is 0.461. The summed E-state index contributed by atoms with van der Waals surface area (Å²) in [6.45, 7) is 0. The van der Waals surface area contributed by atoms with Crippen LogP contribution >= 0.6 is 15.9 Å². The van der Waals surface area contributed by atoms with Crippen LogP contribution < -0.4 is 10.0 Å². The van der Waals surface area contributed by atoms with E-state index in [4.69, 9.17) is 0 Å². The summed E-state index contributed by atoms with van der Waals surface area (Å²) in [4.78, 5) is 4.30. The number of anilines is 2. The smallest absolute Gasteiger partial charge is 0.262 e. The van der Waals surface area contributed by atoms with Gasteiger partial charge in [-0.2, -0.15) is 0 Å². The molecule has 0 bridgehead atoms. The maximum Gasteiger partial charge on any atom is 0.262 e. The molecule has 1 heterocycles. The Kier molecular flexibility index (Phi) is 4.06. The highest BCUT2D eigenvalue weighted by Gasteiger charge is 2.16. The number of nitrogens with zero attached hydrogens (tertiary/aromatic N) is 1. The van der Waals surface area contributed by atoms with Crippen molar-refractivity contribution in [1.29, 1.82) is 0 Å². The first-order chi connectivity index (χ1) is 9.03. The van der Waals surface area contributed by atoms with Gasteiger partial charge in [-0.25, -0.2) is 13.4 Å². The average Bonchev–Trinajstić information content (AvgIpc) is 2.39. The summed E-state index contributed by atoms with van der Waals surface area (Å²) in [6, 6.07) is 9.83. The van der Waals surface area contributed by atoms with Crippen LogP contribution in [-0.2, 0) is 10.0 Å². The fraction of sp³-hybridized carbons (Fsp3) is 0.0833. The second kappa shape index (κ2) is 5.58. The number of benzene rings is 1. The number of nitrogens with one attached hydrogen (secondary N) is 2. The van der Waals surface area contributed by atoms with E-state index in [1.54, 1.807) is 37.5 Å². The van der Waals surface area contributed by atoms with E-state index in [0.29, 0.717) is 16.0 Å². The van der Waals surface area contributed by atoms with Gasteiger partial charge in [-0.05, 0) is 34.1 Å². The Morgan fingerprint density at radius 1 is 1.21 bits per heavy atom. The summed E-state index contributed by atoms with van der Waals surface area (Å²) in [5, 5.41) is 2.84. The summed E-state index contributed by atoms with van der Waals surface area (Å²) in [7, 11) is -1.94. The van der Waals surface area contributed by atoms with Gasteiger partial charge in [0.25, 0.3) is 10.0 Å². The molecule has 0 aliphatic rings. The normalized spacial score (nSPS) is 11.1. The lowest BCUT2D eigenvalue weighted by Crippen LogP contribution is -2.14. The molecule has 19 heavy (non-hydrogen) atoms. The quantitative estimate of drug-likeness (QED) is 0.896. The van der Waals surface area contributed by atoms with E-state index in [2.05, 4.69) is 31.0 Å². The van der Waals surface area contributed by atoms with Crippen molar-refractivity contribution in [2.45, 2.75) is 4.90 Å². The number of hydrogen-bond donors (Lipinski definition) is 2. The van der Waals surface area contributed by atoms with Gasteiger partial charge in [0.15, 0.2) is 0 Å². The Bertz CT molecular complexity index is 675. The molecule has 0 fully saturated rings. The van der Waals surface area contributed by atoms with E-state index in [1.807, 2.05) is 0 Å². The van der Waals surface area contributed by atoms with E-state index in [-0.39, 0.29) is 4.90 Å². The molecular weight excluding hydrogens is 330 g/mol. The molecule has 1 aromatic carbocycles. The molecule has 2 aromatic rings. The topological polar surface area (TPSA) is 71.1 Å². The molecule has 2 rings (SSSR count). The SMILES string of the molecule is CNc1ncc(Br)cc1NS(=O)(=O)c1ccccc1. The second-order valence-corrected chi connectivity index (χ2v) is 6.32. The number of sulfonamides is 1. The second-order valence-electron chi connectivity index (χ2n) is 3.72. The van der Waals surface area contributed by atoms with Crippen molar-refractivity contribution >= 4 is 37.5 Å². The standard InChI is InChI=1S/C12H12BrN3O2S/c1-14-12-11(7-9(13)8-15-12)16-19(17,18)10-5-3-2-4-6-10/h2-8,16H,1H3,(H,14,15). The first-order valence-electron chi connectivity index (χ1n) is 5.44. The molecular formula is C12H12BrN3O2S. The van der Waals surface area contributed by atoms with Crippen molar-refractivity contribution < 1.29 is 8.42 Å². The summed E-state index contributed by atoms with van der Waals surface area (Å²) in [6.07, 6.45) is 1.59. The van der Waals surface area contributed by atoms with Crippen LogP contribution in [0.3, 0.4) is 0 Å². The molecule has 0 radical (unpaired) electrons. The van der Waals surface area contributed by atoms with E-state index in [9.17, 15) is 8.42 Å². The van der Waals surface area contributed by atoms with Crippen molar-refractivity contribution in [2.24, 2.45) is 0 Å². The molecule has 5 nitrogen and oxygen atoms in total. The zero-order valence-electron chi connectivity index (χ0n) is 10.1. The molecule has 0 aliphatic carbocycles. The van der Waals surface area contributed by atoms with Crippen molar-refractivity contribution in [2.75, 3.05) is 17.1 Å². The molecule has 2 N–H and O–H groups in total. The van der Waals surface area contributed by atoms with Crippen LogP contribution in [0.5, 0.6) is 0 Å². The van der Waals surface area contributed by atoms with Crippen molar-refractivity contribution in [3.05, 3.63) is 47.1 Å². The van der Waals surface area contributed by atoms with Gasteiger partial charge in [0.2, 0.25) is 0 Å². The molecule has 0 aliphatic heterocycles. The third-order valence-electron chi connectivity index (χ3n) is 2.39. The first-order valence-corrected chi connectivity index (χ1v) is 7.72. The average molecular weight is 342 g/mol. The van der Waals surface area contributed by atoms with Crippen LogP contribution in [0.1, 0.15) is 0 Å². The van der Waals surface area contributed by atoms with Gasteiger partial charge in [-0.15, -0.1) is 0 Å². The van der Waals surface area contributed by atoms with Gasteiger partial charge in [0.1, 0.15) is 5.82 Å². The monoisotopic (exact) mass is 341 g/mol. The van der Waals surface area contributed by atoms with Crippen LogP contribution in [0.2, 0.25) is 0 Å². The zero-order valence-corrected chi connectivity index (χ0v) is 12.5. The Labute approximate surface area is 120 Å². The minimum absolute atomic E-state index is 0.206. The van der Waals surface area contributed by atoms with Crippen molar-refractivity contribution in [3.63, 3.8) is 0 Å². The van der Waals surface area contributed by atoms with Crippen molar-refractivity contribution in [3.8, 4) is 0 Å². The minimum Gasteiger partial charge on any atom is -0.371 e. The van der Waals surface area contributed by atoms with Gasteiger partial charge in [-0.1, -0.05) is 18.2 Å². The molecule has 100 valence electrons. The number of halogens is 1. The third kappa shape index (κ3) is 3.24. The lowest BCUT2D eigenvalue weighted by atomic mass is 10.4. The van der Waals surface area contributed by atoms with Crippen LogP contribution in [-0.4, -0.2) is 20.4 Å². The Balaban J connectivity index is 2.38. The Hall–Kier alpha value is -1.60. The predicted octanol–water partition coefficient (Wildman–Crippen LogP) is 2.69. The molecule has 0 spiro atoms. The van der Waals surface area contributed by atoms with Gasteiger partial charge in [0.05, 0.1) is 10.6 Å². The molecule has 0 unspecified atom stereocenters. The summed E-state index contributed by atoms with van der Waals surface area (Å²) >= 11 is 3.26. The van der Waals surface area contributed by atoms with E-state index < -0.39 is 10.0 Å². The third-order valence-corrected chi connectivity index (χ3v) is 4.20. The minimum atomic E-state index is -3.61. The van der Waals surface area contributed by atoms with Crippen molar-refractivity contribution in [1.82, 2.24) is 4.98 Å². The highest BCUT2D eigenvalue weighted by molar-refractivity contribution is 9.10.